The minimum Gasteiger partial charge on any atom is -0.329 e. The summed E-state index contributed by atoms with van der Waals surface area (Å²) >= 11 is 2.69. The van der Waals surface area contributed by atoms with E-state index in [1.165, 1.54) is 33.8 Å². The molecule has 0 aliphatic rings. The maximum absolute atomic E-state index is 12.3. The zero-order valence-electron chi connectivity index (χ0n) is 12.8. The quantitative estimate of drug-likeness (QED) is 0.325. The number of Topliss-reactive ketones (excluding diaryl/α,β-unsaturated/α-hetero) is 1. The number of nitriles is 1. The van der Waals surface area contributed by atoms with E-state index in [2.05, 4.69) is 20.4 Å². The van der Waals surface area contributed by atoms with Gasteiger partial charge in [-0.3, -0.25) is 4.79 Å². The summed E-state index contributed by atoms with van der Waals surface area (Å²) in [5, 5.41) is 18.8. The molecule has 0 fully saturated rings. The Balaban J connectivity index is 1.96. The molecule has 0 saturated heterocycles. The second-order valence-electron chi connectivity index (χ2n) is 4.71. The van der Waals surface area contributed by atoms with Gasteiger partial charge >= 0.3 is 0 Å². The van der Waals surface area contributed by atoms with E-state index in [0.717, 1.165) is 5.69 Å². The molecule has 1 N–H and O–H groups in total. The lowest BCUT2D eigenvalue weighted by molar-refractivity contribution is 0.104. The van der Waals surface area contributed by atoms with Crippen molar-refractivity contribution in [2.45, 2.75) is 12.1 Å². The van der Waals surface area contributed by atoms with Crippen molar-refractivity contribution in [3.8, 4) is 6.07 Å². The van der Waals surface area contributed by atoms with E-state index in [9.17, 15) is 10.1 Å². The number of fused-ring (bicyclic) bond motifs is 1. The number of carbonyl (C=O) groups is 1. The van der Waals surface area contributed by atoms with E-state index in [1.807, 2.05) is 25.3 Å². The first-order valence-corrected chi connectivity index (χ1v) is 8.96. The molecule has 0 aromatic carbocycles. The van der Waals surface area contributed by atoms with Gasteiger partial charge in [-0.1, -0.05) is 17.8 Å². The smallest absolute Gasteiger partial charge is 0.232 e. The second kappa shape index (κ2) is 6.82. The minimum atomic E-state index is -0.327. The van der Waals surface area contributed by atoms with Crippen molar-refractivity contribution in [2.75, 3.05) is 11.6 Å². The summed E-state index contributed by atoms with van der Waals surface area (Å²) in [5.74, 6) is 0.0659. The van der Waals surface area contributed by atoms with Gasteiger partial charge in [0.25, 0.3) is 0 Å². The molecular weight excluding hydrogens is 344 g/mol. The third-order valence-electron chi connectivity index (χ3n) is 3.06. The molecule has 3 heterocycles. The number of hydrogen-bond donors (Lipinski definition) is 1. The lowest BCUT2D eigenvalue weighted by Crippen LogP contribution is -2.08. The van der Waals surface area contributed by atoms with Crippen molar-refractivity contribution < 1.29 is 4.79 Å². The molecule has 0 radical (unpaired) electrons. The van der Waals surface area contributed by atoms with Crippen molar-refractivity contribution in [2.24, 2.45) is 0 Å². The van der Waals surface area contributed by atoms with Crippen LogP contribution in [0.2, 0.25) is 0 Å². The molecule has 0 saturated carbocycles. The molecule has 24 heavy (non-hydrogen) atoms. The number of aromatic nitrogens is 4. The average Bonchev–Trinajstić information content (AvgIpc) is 3.23. The number of aryl methyl sites for hydroxylation is 1. The Morgan fingerprint density at radius 1 is 1.50 bits per heavy atom. The van der Waals surface area contributed by atoms with Crippen LogP contribution >= 0.6 is 23.1 Å². The lowest BCUT2D eigenvalue weighted by atomic mass is 10.2. The molecule has 0 aliphatic carbocycles. The highest BCUT2D eigenvalue weighted by molar-refractivity contribution is 7.98. The Kier molecular flexibility index (Phi) is 4.59. The van der Waals surface area contributed by atoms with Crippen molar-refractivity contribution in [1.29, 1.82) is 5.26 Å². The fourth-order valence-corrected chi connectivity index (χ4v) is 3.03. The minimum absolute atomic E-state index is 0.00112. The zero-order valence-corrected chi connectivity index (χ0v) is 14.5. The molecule has 0 unspecified atom stereocenters. The predicted molar refractivity (Wildman–Crippen MR) is 93.3 cm³/mol. The number of thioether (sulfide) groups is 1. The van der Waals surface area contributed by atoms with Gasteiger partial charge in [-0.15, -0.1) is 11.3 Å². The lowest BCUT2D eigenvalue weighted by Gasteiger charge is -2.05. The SMILES string of the molecule is CSc1nc(N/C=C(/C#N)C(=O)c2cccs2)n2nc(C)cc2n1. The van der Waals surface area contributed by atoms with Crippen LogP contribution in [0.4, 0.5) is 5.95 Å². The predicted octanol–water partition coefficient (Wildman–Crippen LogP) is 2.92. The van der Waals surface area contributed by atoms with Crippen LogP contribution in [0.1, 0.15) is 15.4 Å². The standard InChI is InChI=1S/C15H12N6OS2/c1-9-6-12-18-15(23-2)19-14(21(12)20-9)17-8-10(7-16)13(22)11-4-3-5-24-11/h3-6,8H,1-2H3,(H,17,18,19)/b10-8-. The highest BCUT2D eigenvalue weighted by Crippen LogP contribution is 2.17. The Hall–Kier alpha value is -2.70. The van der Waals surface area contributed by atoms with Crippen LogP contribution in [0.15, 0.2) is 40.5 Å². The summed E-state index contributed by atoms with van der Waals surface area (Å²) in [6.07, 6.45) is 3.22. The van der Waals surface area contributed by atoms with Gasteiger partial charge in [-0.2, -0.15) is 19.9 Å². The summed E-state index contributed by atoms with van der Waals surface area (Å²) < 4.78 is 1.54. The van der Waals surface area contributed by atoms with E-state index < -0.39 is 0 Å². The van der Waals surface area contributed by atoms with E-state index in [1.54, 1.807) is 17.5 Å². The number of nitrogens with one attached hydrogen (secondary N) is 1. The first-order chi connectivity index (χ1) is 11.6. The Morgan fingerprint density at radius 3 is 3.00 bits per heavy atom. The van der Waals surface area contributed by atoms with Crippen molar-refractivity contribution >= 4 is 40.5 Å². The summed E-state index contributed by atoms with van der Waals surface area (Å²) in [6, 6.07) is 7.21. The van der Waals surface area contributed by atoms with Crippen molar-refractivity contribution in [3.05, 3.63) is 45.9 Å². The summed E-state index contributed by atoms with van der Waals surface area (Å²) in [4.78, 5) is 21.5. The molecule has 3 aromatic rings. The van der Waals surface area contributed by atoms with Gasteiger partial charge < -0.3 is 5.32 Å². The van der Waals surface area contributed by atoms with Crippen molar-refractivity contribution in [1.82, 2.24) is 19.6 Å². The number of carbonyl (C=O) groups excluding carboxylic acids is 1. The Labute approximate surface area is 146 Å². The van der Waals surface area contributed by atoms with Gasteiger partial charge in [-0.05, 0) is 24.6 Å². The highest BCUT2D eigenvalue weighted by Gasteiger charge is 2.14. The van der Waals surface area contributed by atoms with E-state index in [4.69, 9.17) is 0 Å². The van der Waals surface area contributed by atoms with Crippen molar-refractivity contribution in [3.63, 3.8) is 0 Å². The van der Waals surface area contributed by atoms with Gasteiger partial charge in [0.2, 0.25) is 11.7 Å². The summed E-state index contributed by atoms with van der Waals surface area (Å²) in [7, 11) is 0. The summed E-state index contributed by atoms with van der Waals surface area (Å²) in [5.41, 5.74) is 1.44. The molecule has 120 valence electrons. The highest BCUT2D eigenvalue weighted by atomic mass is 32.2. The number of anilines is 1. The third kappa shape index (κ3) is 3.15. The fraction of sp³-hybridized carbons (Fsp3) is 0.133. The molecule has 0 amide bonds. The number of rotatable bonds is 5. The van der Waals surface area contributed by atoms with Crippen LogP contribution < -0.4 is 5.32 Å². The fourth-order valence-electron chi connectivity index (χ4n) is 1.99. The van der Waals surface area contributed by atoms with Crippen LogP contribution in [0.25, 0.3) is 5.65 Å². The van der Waals surface area contributed by atoms with Crippen LogP contribution in [-0.4, -0.2) is 31.6 Å². The summed E-state index contributed by atoms with van der Waals surface area (Å²) in [6.45, 7) is 1.86. The topological polar surface area (TPSA) is 96.0 Å². The Morgan fingerprint density at radius 2 is 2.33 bits per heavy atom. The number of thiophene rings is 1. The first kappa shape index (κ1) is 16.2. The van der Waals surface area contributed by atoms with Gasteiger partial charge in [0.05, 0.1) is 10.6 Å². The van der Waals surface area contributed by atoms with Crippen LogP contribution in [0.5, 0.6) is 0 Å². The molecule has 0 bridgehead atoms. The average molecular weight is 356 g/mol. The maximum Gasteiger partial charge on any atom is 0.232 e. The van der Waals surface area contributed by atoms with E-state index >= 15 is 0 Å². The molecule has 7 nitrogen and oxygen atoms in total. The molecule has 3 rings (SSSR count). The number of ketones is 1. The van der Waals surface area contributed by atoms with E-state index in [-0.39, 0.29) is 11.4 Å². The number of nitrogens with zero attached hydrogens (tertiary/aromatic N) is 5. The Bertz CT molecular complexity index is 968. The molecule has 9 heteroatoms. The molecular formula is C15H12N6OS2. The van der Waals surface area contributed by atoms with Crippen LogP contribution in [-0.2, 0) is 0 Å². The zero-order chi connectivity index (χ0) is 17.1. The van der Waals surface area contributed by atoms with Crippen LogP contribution in [0, 0.1) is 18.3 Å². The number of allylic oxidation sites excluding steroid dienone is 1. The van der Waals surface area contributed by atoms with Gasteiger partial charge in [0, 0.05) is 12.3 Å². The molecule has 0 aliphatic heterocycles. The van der Waals surface area contributed by atoms with Gasteiger partial charge in [0.1, 0.15) is 11.6 Å². The van der Waals surface area contributed by atoms with E-state index in [0.29, 0.717) is 21.6 Å². The molecule has 3 aromatic heterocycles. The molecule has 0 spiro atoms. The second-order valence-corrected chi connectivity index (χ2v) is 6.43. The van der Waals surface area contributed by atoms with Crippen LogP contribution in [0.3, 0.4) is 0 Å². The normalized spacial score (nSPS) is 11.5. The first-order valence-electron chi connectivity index (χ1n) is 6.86. The van der Waals surface area contributed by atoms with Gasteiger partial charge in [0.15, 0.2) is 10.8 Å². The largest absolute Gasteiger partial charge is 0.329 e. The molecule has 0 atom stereocenters. The third-order valence-corrected chi connectivity index (χ3v) is 4.48. The van der Waals surface area contributed by atoms with Gasteiger partial charge in [-0.25, -0.2) is 4.98 Å². The maximum atomic E-state index is 12.3. The number of hydrogen-bond acceptors (Lipinski definition) is 8. The monoisotopic (exact) mass is 356 g/mol.